The van der Waals surface area contributed by atoms with Crippen LogP contribution in [0.2, 0.25) is 0 Å². The second-order valence-electron chi connectivity index (χ2n) is 4.04. The maximum atomic E-state index is 6.01. The number of hydrogen-bond donors (Lipinski definition) is 0. The van der Waals surface area contributed by atoms with Crippen molar-refractivity contribution < 1.29 is 14.2 Å². The lowest BCUT2D eigenvalue weighted by Gasteiger charge is -2.16. The van der Waals surface area contributed by atoms with E-state index in [1.807, 2.05) is 18.2 Å². The van der Waals surface area contributed by atoms with Gasteiger partial charge in [0, 0.05) is 19.5 Å². The molecule has 0 amide bonds. The van der Waals surface area contributed by atoms with Crippen molar-refractivity contribution in [2.75, 3.05) is 14.2 Å². The molecule has 0 spiro atoms. The minimum absolute atomic E-state index is 0.549. The van der Waals surface area contributed by atoms with Gasteiger partial charge in [0.1, 0.15) is 0 Å². The lowest BCUT2D eigenvalue weighted by molar-refractivity contribution is 0.353. The highest BCUT2D eigenvalue weighted by Gasteiger charge is 2.19. The fraction of sp³-hybridized carbons (Fsp3) is 0.143. The van der Waals surface area contributed by atoms with Crippen molar-refractivity contribution in [3.63, 3.8) is 0 Å². The van der Waals surface area contributed by atoms with E-state index in [9.17, 15) is 0 Å². The first-order valence-corrected chi connectivity index (χ1v) is 9.77. The quantitative estimate of drug-likeness (QED) is 0.334. The molecule has 0 aromatic heterocycles. The van der Waals surface area contributed by atoms with Gasteiger partial charge in [0.05, 0.1) is 23.2 Å². The Bertz CT molecular complexity index is 718. The molecule has 2 rings (SSSR count). The monoisotopic (exact) mass is 620 g/mol. The molecule has 0 aliphatic carbocycles. The van der Waals surface area contributed by atoms with Crippen molar-refractivity contribution >= 4 is 79.6 Å². The summed E-state index contributed by atoms with van der Waals surface area (Å²) in [5, 5.41) is 0. The Morgan fingerprint density at radius 3 is 1.86 bits per heavy atom. The maximum absolute atomic E-state index is 6.01. The minimum Gasteiger partial charge on any atom is -0.492 e. The molecule has 0 heterocycles. The smallest absolute Gasteiger partial charge is 0.176 e. The first-order chi connectivity index (χ1) is 10.4. The highest BCUT2D eigenvalue weighted by Crippen LogP contribution is 2.48. The Labute approximate surface area is 170 Å². The van der Waals surface area contributed by atoms with Gasteiger partial charge < -0.3 is 14.2 Å². The lowest BCUT2D eigenvalue weighted by Crippen LogP contribution is -1.95. The molecule has 3 nitrogen and oxygen atoms in total. The van der Waals surface area contributed by atoms with E-state index >= 15 is 0 Å². The third-order valence-corrected chi connectivity index (χ3v) is 7.00. The van der Waals surface area contributed by atoms with E-state index in [4.69, 9.17) is 14.2 Å². The summed E-state index contributed by atoms with van der Waals surface area (Å²) in [5.74, 6) is 2.28. The van der Waals surface area contributed by atoms with Gasteiger partial charge in [0.25, 0.3) is 0 Å². The van der Waals surface area contributed by atoms with Crippen LogP contribution < -0.4 is 14.2 Å². The number of methoxy groups -OCH3 is 2. The molecule has 0 aliphatic rings. The second-order valence-corrected chi connectivity index (χ2v) is 8.25. The van der Waals surface area contributed by atoms with Crippen LogP contribution in [0.15, 0.2) is 40.6 Å². The van der Waals surface area contributed by atoms with Crippen molar-refractivity contribution in [3.8, 4) is 23.0 Å². The molecule has 0 bridgehead atoms. The van der Waals surface area contributed by atoms with Crippen LogP contribution in [-0.4, -0.2) is 14.2 Å². The molecule has 0 fully saturated rings. The summed E-state index contributed by atoms with van der Waals surface area (Å²) in [4.78, 5) is 0. The molecule has 0 radical (unpaired) electrons. The maximum Gasteiger partial charge on any atom is 0.176 e. The van der Waals surface area contributed by atoms with Crippen LogP contribution in [0.1, 0.15) is 0 Å². The van der Waals surface area contributed by atoms with Gasteiger partial charge in [0.2, 0.25) is 0 Å². The fourth-order valence-electron chi connectivity index (χ4n) is 1.75. The van der Waals surface area contributed by atoms with E-state index in [2.05, 4.69) is 79.6 Å². The van der Waals surface area contributed by atoms with Crippen molar-refractivity contribution in [2.24, 2.45) is 0 Å². The van der Waals surface area contributed by atoms with Crippen LogP contribution in [0.25, 0.3) is 0 Å². The third kappa shape index (κ3) is 3.83. The predicted octanol–water partition coefficient (Wildman–Crippen LogP) is 7.31. The molecule has 22 heavy (non-hydrogen) atoms. The van der Waals surface area contributed by atoms with Crippen molar-refractivity contribution in [2.45, 2.75) is 0 Å². The van der Waals surface area contributed by atoms with Crippen molar-refractivity contribution in [3.05, 3.63) is 40.6 Å². The molecule has 0 atom stereocenters. The van der Waals surface area contributed by atoms with Crippen molar-refractivity contribution in [1.82, 2.24) is 0 Å². The topological polar surface area (TPSA) is 27.7 Å². The molecular formula is C14H9Br5O3. The zero-order valence-corrected chi connectivity index (χ0v) is 19.3. The van der Waals surface area contributed by atoms with Gasteiger partial charge in [0.15, 0.2) is 23.0 Å². The van der Waals surface area contributed by atoms with E-state index in [0.29, 0.717) is 23.0 Å². The van der Waals surface area contributed by atoms with Crippen LogP contribution in [0.3, 0.4) is 0 Å². The lowest BCUT2D eigenvalue weighted by atomic mass is 10.3. The fourth-order valence-corrected chi connectivity index (χ4v) is 4.64. The van der Waals surface area contributed by atoms with E-state index in [1.54, 1.807) is 14.2 Å². The summed E-state index contributed by atoms with van der Waals surface area (Å²) in [6.07, 6.45) is 0. The summed E-state index contributed by atoms with van der Waals surface area (Å²) >= 11 is 17.3. The molecule has 2 aromatic carbocycles. The highest BCUT2D eigenvalue weighted by atomic mass is 79.9. The van der Waals surface area contributed by atoms with Gasteiger partial charge in [-0.3, -0.25) is 0 Å². The molecule has 2 aromatic rings. The molecule has 0 aliphatic heterocycles. The first kappa shape index (κ1) is 18.6. The van der Waals surface area contributed by atoms with Crippen LogP contribution in [-0.2, 0) is 0 Å². The zero-order valence-electron chi connectivity index (χ0n) is 11.3. The van der Waals surface area contributed by atoms with Gasteiger partial charge >= 0.3 is 0 Å². The molecule has 0 saturated carbocycles. The molecule has 0 N–H and O–H groups in total. The van der Waals surface area contributed by atoms with E-state index in [-0.39, 0.29) is 0 Å². The van der Waals surface area contributed by atoms with Gasteiger partial charge in [-0.2, -0.15) is 0 Å². The Balaban J connectivity index is 2.57. The van der Waals surface area contributed by atoms with Gasteiger partial charge in [-0.25, -0.2) is 0 Å². The first-order valence-electron chi connectivity index (χ1n) is 5.81. The third-order valence-electron chi connectivity index (χ3n) is 2.69. The second kappa shape index (κ2) is 7.88. The van der Waals surface area contributed by atoms with Gasteiger partial charge in [-0.1, -0.05) is 15.9 Å². The molecular weight excluding hydrogens is 616 g/mol. The summed E-state index contributed by atoms with van der Waals surface area (Å²) in [6.45, 7) is 0. The van der Waals surface area contributed by atoms with E-state index in [1.165, 1.54) is 0 Å². The molecule has 0 unspecified atom stereocenters. The summed E-state index contributed by atoms with van der Waals surface area (Å²) in [5.41, 5.74) is 0. The summed E-state index contributed by atoms with van der Waals surface area (Å²) < 4.78 is 20.9. The molecule has 8 heteroatoms. The highest BCUT2D eigenvalue weighted by molar-refractivity contribution is 9.14. The number of halogens is 5. The molecule has 0 saturated heterocycles. The number of benzene rings is 2. The Morgan fingerprint density at radius 2 is 1.27 bits per heavy atom. The zero-order chi connectivity index (χ0) is 16.4. The summed E-state index contributed by atoms with van der Waals surface area (Å²) in [7, 11) is 3.17. The Hall–Kier alpha value is 0.240. The standard InChI is InChI=1S/C14H9Br5O3/c1-20-13-8(17)3-6(15)4-9(13)22-10-5-7(16)11(18)12(19)14(10)21-2/h3-5H,1-2H3. The van der Waals surface area contributed by atoms with Crippen LogP contribution >= 0.6 is 79.6 Å². The largest absolute Gasteiger partial charge is 0.492 e. The van der Waals surface area contributed by atoms with Crippen molar-refractivity contribution in [1.29, 1.82) is 0 Å². The van der Waals surface area contributed by atoms with E-state index < -0.39 is 0 Å². The van der Waals surface area contributed by atoms with Gasteiger partial charge in [-0.05, 0) is 75.9 Å². The van der Waals surface area contributed by atoms with Gasteiger partial charge in [-0.15, -0.1) is 0 Å². The Kier molecular flexibility index (Phi) is 6.65. The summed E-state index contributed by atoms with van der Waals surface area (Å²) in [6, 6.07) is 5.53. The average Bonchev–Trinajstić information content (AvgIpc) is 2.45. The average molecular weight is 625 g/mol. The molecule has 118 valence electrons. The number of ether oxygens (including phenoxy) is 3. The van der Waals surface area contributed by atoms with Crippen LogP contribution in [0, 0.1) is 0 Å². The number of rotatable bonds is 4. The van der Waals surface area contributed by atoms with Crippen LogP contribution in [0.4, 0.5) is 0 Å². The minimum atomic E-state index is 0.549. The van der Waals surface area contributed by atoms with Crippen LogP contribution in [0.5, 0.6) is 23.0 Å². The number of hydrogen-bond acceptors (Lipinski definition) is 3. The van der Waals surface area contributed by atoms with E-state index in [0.717, 1.165) is 22.4 Å². The Morgan fingerprint density at radius 1 is 0.682 bits per heavy atom. The predicted molar refractivity (Wildman–Crippen MR) is 105 cm³/mol. The SMILES string of the molecule is COc1c(Br)cc(Br)cc1Oc1cc(Br)c(Br)c(Br)c1OC. The normalized spacial score (nSPS) is 10.5.